The van der Waals surface area contributed by atoms with Gasteiger partial charge in [-0.25, -0.2) is 0 Å². The van der Waals surface area contributed by atoms with E-state index in [0.717, 1.165) is 0 Å². The molecular formula is C14H17NO7. The van der Waals surface area contributed by atoms with Gasteiger partial charge in [-0.1, -0.05) is 0 Å². The fraction of sp³-hybridized carbons (Fsp3) is 0.571. The van der Waals surface area contributed by atoms with Gasteiger partial charge in [-0.2, -0.15) is 0 Å². The highest BCUT2D eigenvalue weighted by atomic mass is 16.6. The van der Waals surface area contributed by atoms with Crippen LogP contribution in [-0.4, -0.2) is 59.6 Å². The summed E-state index contributed by atoms with van der Waals surface area (Å²) in [6.45, 7) is 3.76. The molecule has 22 heavy (non-hydrogen) atoms. The van der Waals surface area contributed by atoms with Gasteiger partial charge in [-0.3, -0.25) is 19.2 Å². The molecule has 2 aliphatic heterocycles. The summed E-state index contributed by atoms with van der Waals surface area (Å²) in [6, 6.07) is -0.713. The number of hydrogen-bond acceptors (Lipinski definition) is 7. The van der Waals surface area contributed by atoms with E-state index in [9.17, 15) is 19.2 Å². The topological polar surface area (TPSA) is 99.2 Å². The van der Waals surface area contributed by atoms with Gasteiger partial charge < -0.3 is 19.1 Å². The van der Waals surface area contributed by atoms with Gasteiger partial charge in [0.25, 0.3) is 0 Å². The highest BCUT2D eigenvalue weighted by Gasteiger charge is 2.53. The lowest BCUT2D eigenvalue weighted by molar-refractivity contribution is -0.167. The quantitative estimate of drug-likeness (QED) is 0.514. The number of amides is 1. The Morgan fingerprint density at radius 2 is 1.64 bits per heavy atom. The lowest BCUT2D eigenvalue weighted by Gasteiger charge is -2.34. The monoisotopic (exact) mass is 311 g/mol. The first-order valence-corrected chi connectivity index (χ1v) is 6.80. The molecule has 2 aliphatic rings. The average Bonchev–Trinajstić information content (AvgIpc) is 2.71. The molecule has 0 aromatic rings. The number of carbonyl (C=O) groups is 4. The lowest BCUT2D eigenvalue weighted by atomic mass is 10.0. The third-order valence-corrected chi connectivity index (χ3v) is 3.41. The van der Waals surface area contributed by atoms with E-state index in [1.165, 1.54) is 37.8 Å². The van der Waals surface area contributed by atoms with Gasteiger partial charge in [0.2, 0.25) is 5.91 Å². The molecule has 0 aromatic heterocycles. The van der Waals surface area contributed by atoms with Crippen LogP contribution in [0.25, 0.3) is 0 Å². The first-order valence-electron chi connectivity index (χ1n) is 6.80. The van der Waals surface area contributed by atoms with E-state index in [2.05, 4.69) is 0 Å². The van der Waals surface area contributed by atoms with Crippen molar-refractivity contribution in [1.82, 2.24) is 4.90 Å². The molecule has 0 bridgehead atoms. The zero-order valence-electron chi connectivity index (χ0n) is 12.5. The Hall–Kier alpha value is -2.38. The van der Waals surface area contributed by atoms with Crippen LogP contribution >= 0.6 is 0 Å². The second kappa shape index (κ2) is 6.17. The lowest BCUT2D eigenvalue weighted by Crippen LogP contribution is -2.51. The molecule has 2 rings (SSSR count). The third kappa shape index (κ3) is 3.26. The molecule has 4 atom stereocenters. The van der Waals surface area contributed by atoms with Crippen molar-refractivity contribution in [1.29, 1.82) is 0 Å². The van der Waals surface area contributed by atoms with E-state index >= 15 is 0 Å². The molecule has 8 heteroatoms. The summed E-state index contributed by atoms with van der Waals surface area (Å²) in [6.07, 6.45) is 0.274. The molecule has 0 aromatic carbocycles. The Kier molecular flexibility index (Phi) is 4.48. The van der Waals surface area contributed by atoms with Crippen LogP contribution in [0.4, 0.5) is 0 Å². The number of hydrogen-bond donors (Lipinski definition) is 0. The van der Waals surface area contributed by atoms with Crippen molar-refractivity contribution in [2.45, 2.75) is 45.1 Å². The SMILES string of the molecule is CC(=O)O[C@H]1[C@H]2[C@H](OC(C)=O)C=CC(=O)N2C[C@H]1OC(C)=O. The number of fused-ring (bicyclic) bond motifs is 1. The summed E-state index contributed by atoms with van der Waals surface area (Å²) >= 11 is 0. The zero-order valence-corrected chi connectivity index (χ0v) is 12.5. The van der Waals surface area contributed by atoms with Crippen LogP contribution in [0.3, 0.4) is 0 Å². The molecule has 0 aliphatic carbocycles. The van der Waals surface area contributed by atoms with Crippen LogP contribution in [0.5, 0.6) is 0 Å². The number of ether oxygens (including phenoxy) is 3. The van der Waals surface area contributed by atoms with Crippen molar-refractivity contribution in [3.63, 3.8) is 0 Å². The number of nitrogens with zero attached hydrogens (tertiary/aromatic N) is 1. The third-order valence-electron chi connectivity index (χ3n) is 3.41. The van der Waals surface area contributed by atoms with Crippen LogP contribution in [-0.2, 0) is 33.4 Å². The molecule has 0 radical (unpaired) electrons. The van der Waals surface area contributed by atoms with Gasteiger partial charge >= 0.3 is 17.9 Å². The predicted octanol–water partition coefficient (Wildman–Crippen LogP) is -0.438. The minimum Gasteiger partial charge on any atom is -0.457 e. The van der Waals surface area contributed by atoms with Crippen molar-refractivity contribution in [2.24, 2.45) is 0 Å². The van der Waals surface area contributed by atoms with E-state index in [4.69, 9.17) is 14.2 Å². The van der Waals surface area contributed by atoms with Crippen molar-refractivity contribution in [2.75, 3.05) is 6.54 Å². The summed E-state index contributed by atoms with van der Waals surface area (Å²) in [5.74, 6) is -1.97. The Labute approximate surface area is 127 Å². The maximum atomic E-state index is 12.0. The van der Waals surface area contributed by atoms with E-state index in [0.29, 0.717) is 0 Å². The van der Waals surface area contributed by atoms with Crippen LogP contribution in [0, 0.1) is 0 Å². The Balaban J connectivity index is 2.31. The van der Waals surface area contributed by atoms with Gasteiger partial charge in [0.05, 0.1) is 6.54 Å². The minimum absolute atomic E-state index is 0.0726. The fourth-order valence-electron chi connectivity index (χ4n) is 2.76. The molecule has 0 saturated carbocycles. The van der Waals surface area contributed by atoms with E-state index in [-0.39, 0.29) is 12.5 Å². The highest BCUT2D eigenvalue weighted by molar-refractivity contribution is 5.90. The second-order valence-corrected chi connectivity index (χ2v) is 5.14. The highest BCUT2D eigenvalue weighted by Crippen LogP contribution is 2.31. The number of carbonyl (C=O) groups excluding carboxylic acids is 4. The smallest absolute Gasteiger partial charge is 0.303 e. The maximum Gasteiger partial charge on any atom is 0.303 e. The van der Waals surface area contributed by atoms with E-state index in [1.54, 1.807) is 0 Å². The van der Waals surface area contributed by atoms with Crippen LogP contribution in [0.15, 0.2) is 12.2 Å². The molecule has 8 nitrogen and oxygen atoms in total. The summed E-state index contributed by atoms with van der Waals surface area (Å²) < 4.78 is 15.5. The molecule has 0 spiro atoms. The van der Waals surface area contributed by atoms with E-state index < -0.39 is 42.3 Å². The zero-order chi connectivity index (χ0) is 16.4. The molecule has 1 fully saturated rings. The van der Waals surface area contributed by atoms with Crippen molar-refractivity contribution >= 4 is 23.8 Å². The van der Waals surface area contributed by atoms with Gasteiger partial charge in [-0.15, -0.1) is 0 Å². The predicted molar refractivity (Wildman–Crippen MR) is 71.3 cm³/mol. The van der Waals surface area contributed by atoms with Crippen molar-refractivity contribution in [3.8, 4) is 0 Å². The number of rotatable bonds is 3. The standard InChI is InChI=1S/C14H17NO7/c1-7(16)20-10-4-5-12(19)15-6-11(21-8(2)17)14(13(10)15)22-9(3)18/h4-5,10-11,13-14H,6H2,1-3H3/t10-,11-,13-,14-/m1/s1. The molecule has 0 N–H and O–H groups in total. The van der Waals surface area contributed by atoms with E-state index in [1.807, 2.05) is 0 Å². The van der Waals surface area contributed by atoms with Gasteiger partial charge in [0.1, 0.15) is 12.1 Å². The first kappa shape index (κ1) is 16.0. The van der Waals surface area contributed by atoms with Crippen molar-refractivity contribution < 1.29 is 33.4 Å². The van der Waals surface area contributed by atoms with Gasteiger partial charge in [0.15, 0.2) is 12.2 Å². The van der Waals surface area contributed by atoms with Gasteiger partial charge in [0, 0.05) is 26.8 Å². The summed E-state index contributed by atoms with van der Waals surface area (Å²) in [5, 5.41) is 0. The Bertz CT molecular complexity index is 541. The summed E-state index contributed by atoms with van der Waals surface area (Å²) in [4.78, 5) is 47.1. The molecule has 1 saturated heterocycles. The first-order chi connectivity index (χ1) is 10.3. The average molecular weight is 311 g/mol. The van der Waals surface area contributed by atoms with Crippen LogP contribution in [0.1, 0.15) is 20.8 Å². The summed E-state index contributed by atoms with van der Waals surface area (Å²) in [5.41, 5.74) is 0. The van der Waals surface area contributed by atoms with Gasteiger partial charge in [-0.05, 0) is 6.08 Å². The molecule has 1 amide bonds. The molecule has 2 heterocycles. The molecule has 0 unspecified atom stereocenters. The van der Waals surface area contributed by atoms with Crippen LogP contribution in [0.2, 0.25) is 0 Å². The normalized spacial score (nSPS) is 29.8. The van der Waals surface area contributed by atoms with Crippen molar-refractivity contribution in [3.05, 3.63) is 12.2 Å². The Morgan fingerprint density at radius 3 is 2.18 bits per heavy atom. The maximum absolute atomic E-state index is 12.0. The molecular weight excluding hydrogens is 294 g/mol. The Morgan fingerprint density at radius 1 is 1.05 bits per heavy atom. The fourth-order valence-corrected chi connectivity index (χ4v) is 2.76. The van der Waals surface area contributed by atoms with Crippen LogP contribution < -0.4 is 0 Å². The largest absolute Gasteiger partial charge is 0.457 e. The molecule has 120 valence electrons. The minimum atomic E-state index is -0.889. The number of esters is 3. The second-order valence-electron chi connectivity index (χ2n) is 5.14. The summed E-state index contributed by atoms with van der Waals surface area (Å²) in [7, 11) is 0.